The number of halogens is 1. The molecule has 0 atom stereocenters. The number of carbonyl (C=O) groups is 1. The van der Waals surface area contributed by atoms with Crippen molar-refractivity contribution in [2.75, 3.05) is 19.0 Å². The van der Waals surface area contributed by atoms with Crippen LogP contribution in [-0.2, 0) is 14.8 Å². The summed E-state index contributed by atoms with van der Waals surface area (Å²) in [5, 5.41) is 2.88. The normalized spacial score (nSPS) is 11.0. The molecule has 0 fully saturated rings. The molecular formula is C15H15ClN2O4S. The SMILES string of the molecule is COc1ccc(NC(=O)CNS(=O)(=O)c2cccc(Cl)c2)cc1. The Morgan fingerprint density at radius 1 is 1.17 bits per heavy atom. The second kappa shape index (κ2) is 7.45. The first-order valence-corrected chi connectivity index (χ1v) is 8.46. The molecule has 0 spiro atoms. The van der Waals surface area contributed by atoms with E-state index < -0.39 is 15.9 Å². The molecule has 2 aromatic rings. The van der Waals surface area contributed by atoms with Crippen LogP contribution in [0.5, 0.6) is 5.75 Å². The van der Waals surface area contributed by atoms with Crippen molar-refractivity contribution in [2.45, 2.75) is 4.90 Å². The summed E-state index contributed by atoms with van der Waals surface area (Å²) in [4.78, 5) is 11.8. The second-order valence-corrected chi connectivity index (χ2v) is 6.76. The predicted molar refractivity (Wildman–Crippen MR) is 88.3 cm³/mol. The molecule has 0 heterocycles. The van der Waals surface area contributed by atoms with E-state index in [9.17, 15) is 13.2 Å². The van der Waals surface area contributed by atoms with E-state index in [2.05, 4.69) is 10.0 Å². The lowest BCUT2D eigenvalue weighted by molar-refractivity contribution is -0.115. The van der Waals surface area contributed by atoms with Crippen LogP contribution in [0.2, 0.25) is 5.02 Å². The Hall–Kier alpha value is -2.09. The molecule has 0 aliphatic heterocycles. The Bertz CT molecular complexity index is 791. The molecule has 0 aromatic heterocycles. The highest BCUT2D eigenvalue weighted by molar-refractivity contribution is 7.89. The summed E-state index contributed by atoms with van der Waals surface area (Å²) in [5.74, 6) is 0.172. The van der Waals surface area contributed by atoms with Gasteiger partial charge in [-0.15, -0.1) is 0 Å². The third kappa shape index (κ3) is 4.95. The number of benzene rings is 2. The molecule has 0 aliphatic rings. The van der Waals surface area contributed by atoms with E-state index in [4.69, 9.17) is 16.3 Å². The minimum Gasteiger partial charge on any atom is -0.497 e. The highest BCUT2D eigenvalue weighted by Crippen LogP contribution is 2.16. The van der Waals surface area contributed by atoms with Gasteiger partial charge in [-0.05, 0) is 42.5 Å². The zero-order valence-electron chi connectivity index (χ0n) is 12.2. The lowest BCUT2D eigenvalue weighted by Crippen LogP contribution is -2.32. The molecule has 0 radical (unpaired) electrons. The van der Waals surface area contributed by atoms with Gasteiger partial charge < -0.3 is 10.1 Å². The van der Waals surface area contributed by atoms with Gasteiger partial charge >= 0.3 is 0 Å². The van der Waals surface area contributed by atoms with Gasteiger partial charge in [0.25, 0.3) is 0 Å². The highest BCUT2D eigenvalue weighted by Gasteiger charge is 2.15. The van der Waals surface area contributed by atoms with Crippen molar-refractivity contribution < 1.29 is 17.9 Å². The third-order valence-electron chi connectivity index (χ3n) is 2.90. The Morgan fingerprint density at radius 2 is 1.87 bits per heavy atom. The van der Waals surface area contributed by atoms with Crippen molar-refractivity contribution in [3.05, 3.63) is 53.6 Å². The van der Waals surface area contributed by atoms with Crippen LogP contribution in [0.1, 0.15) is 0 Å². The summed E-state index contributed by atoms with van der Waals surface area (Å²) in [6, 6.07) is 12.5. The molecule has 0 aliphatic carbocycles. The quantitative estimate of drug-likeness (QED) is 0.833. The summed E-state index contributed by atoms with van der Waals surface area (Å²) < 4.78 is 31.3. The highest BCUT2D eigenvalue weighted by atomic mass is 35.5. The number of rotatable bonds is 6. The summed E-state index contributed by atoms with van der Waals surface area (Å²) in [6.07, 6.45) is 0. The average Bonchev–Trinajstić information content (AvgIpc) is 2.54. The molecule has 0 unspecified atom stereocenters. The molecule has 2 rings (SSSR count). The predicted octanol–water partition coefficient (Wildman–Crippen LogP) is 2.27. The lowest BCUT2D eigenvalue weighted by Gasteiger charge is -2.08. The number of sulfonamides is 1. The van der Waals surface area contributed by atoms with Gasteiger partial charge in [0.1, 0.15) is 5.75 Å². The lowest BCUT2D eigenvalue weighted by atomic mass is 10.3. The minimum atomic E-state index is -3.80. The van der Waals surface area contributed by atoms with Crippen molar-refractivity contribution in [3.8, 4) is 5.75 Å². The molecule has 8 heteroatoms. The number of carbonyl (C=O) groups excluding carboxylic acids is 1. The van der Waals surface area contributed by atoms with E-state index in [1.165, 1.54) is 25.3 Å². The van der Waals surface area contributed by atoms with E-state index in [0.29, 0.717) is 16.5 Å². The van der Waals surface area contributed by atoms with Crippen LogP contribution in [0.4, 0.5) is 5.69 Å². The second-order valence-electron chi connectivity index (χ2n) is 4.56. The van der Waals surface area contributed by atoms with Crippen LogP contribution in [0.3, 0.4) is 0 Å². The number of hydrogen-bond donors (Lipinski definition) is 2. The molecule has 2 aromatic carbocycles. The molecule has 6 nitrogen and oxygen atoms in total. The van der Waals surface area contributed by atoms with Gasteiger partial charge in [-0.2, -0.15) is 0 Å². The number of ether oxygens (including phenoxy) is 1. The maximum atomic E-state index is 12.1. The van der Waals surface area contributed by atoms with Crippen LogP contribution < -0.4 is 14.8 Å². The van der Waals surface area contributed by atoms with Crippen LogP contribution in [0, 0.1) is 0 Å². The third-order valence-corrected chi connectivity index (χ3v) is 4.54. The van der Waals surface area contributed by atoms with E-state index >= 15 is 0 Å². The Balaban J connectivity index is 1.95. The number of anilines is 1. The smallest absolute Gasteiger partial charge is 0.241 e. The first kappa shape index (κ1) is 17.3. The molecule has 2 N–H and O–H groups in total. The number of methoxy groups -OCH3 is 1. The molecular weight excluding hydrogens is 340 g/mol. The van der Waals surface area contributed by atoms with Crippen molar-refractivity contribution in [2.24, 2.45) is 0 Å². The number of nitrogens with one attached hydrogen (secondary N) is 2. The van der Waals surface area contributed by atoms with E-state index in [1.54, 1.807) is 30.3 Å². The monoisotopic (exact) mass is 354 g/mol. The van der Waals surface area contributed by atoms with Crippen molar-refractivity contribution >= 4 is 33.2 Å². The average molecular weight is 355 g/mol. The van der Waals surface area contributed by atoms with Crippen LogP contribution in [0.25, 0.3) is 0 Å². The number of amides is 1. The topological polar surface area (TPSA) is 84.5 Å². The Labute approximate surface area is 139 Å². The zero-order valence-corrected chi connectivity index (χ0v) is 13.8. The Morgan fingerprint density at radius 3 is 2.48 bits per heavy atom. The zero-order chi connectivity index (χ0) is 16.9. The first-order chi connectivity index (χ1) is 10.9. The molecule has 0 saturated carbocycles. The van der Waals surface area contributed by atoms with Gasteiger partial charge in [-0.3, -0.25) is 4.79 Å². The van der Waals surface area contributed by atoms with Crippen molar-refractivity contribution in [1.82, 2.24) is 4.72 Å². The molecule has 0 bridgehead atoms. The van der Waals surface area contributed by atoms with Gasteiger partial charge in [-0.25, -0.2) is 13.1 Å². The van der Waals surface area contributed by atoms with E-state index in [-0.39, 0.29) is 11.4 Å². The fourth-order valence-corrected chi connectivity index (χ4v) is 3.04. The standard InChI is InChI=1S/C15H15ClN2O4S/c1-22-13-7-5-12(6-8-13)18-15(19)10-17-23(20,21)14-4-2-3-11(16)9-14/h2-9,17H,10H2,1H3,(H,18,19). The van der Waals surface area contributed by atoms with E-state index in [1.807, 2.05) is 0 Å². The Kier molecular flexibility index (Phi) is 5.59. The van der Waals surface area contributed by atoms with Crippen LogP contribution >= 0.6 is 11.6 Å². The van der Waals surface area contributed by atoms with Crippen molar-refractivity contribution in [3.63, 3.8) is 0 Å². The van der Waals surface area contributed by atoms with Gasteiger partial charge in [0, 0.05) is 10.7 Å². The molecule has 0 saturated heterocycles. The maximum Gasteiger partial charge on any atom is 0.241 e. The van der Waals surface area contributed by atoms with Gasteiger partial charge in [0.05, 0.1) is 18.6 Å². The molecule has 122 valence electrons. The van der Waals surface area contributed by atoms with Crippen LogP contribution in [0.15, 0.2) is 53.4 Å². The summed E-state index contributed by atoms with van der Waals surface area (Å²) >= 11 is 5.76. The summed E-state index contributed by atoms with van der Waals surface area (Å²) in [6.45, 7) is -0.388. The largest absolute Gasteiger partial charge is 0.497 e. The van der Waals surface area contributed by atoms with Crippen LogP contribution in [-0.4, -0.2) is 28.0 Å². The molecule has 23 heavy (non-hydrogen) atoms. The van der Waals surface area contributed by atoms with Crippen molar-refractivity contribution in [1.29, 1.82) is 0 Å². The summed E-state index contributed by atoms with van der Waals surface area (Å²) in [5.41, 5.74) is 0.540. The first-order valence-electron chi connectivity index (χ1n) is 6.60. The van der Waals surface area contributed by atoms with Gasteiger partial charge in [0.15, 0.2) is 0 Å². The molecule has 1 amide bonds. The summed E-state index contributed by atoms with van der Waals surface area (Å²) in [7, 11) is -2.26. The fourth-order valence-electron chi connectivity index (χ4n) is 1.76. The van der Waals surface area contributed by atoms with Gasteiger partial charge in [0.2, 0.25) is 15.9 Å². The fraction of sp³-hybridized carbons (Fsp3) is 0.133. The van der Waals surface area contributed by atoms with Gasteiger partial charge in [-0.1, -0.05) is 17.7 Å². The maximum absolute atomic E-state index is 12.1. The van der Waals surface area contributed by atoms with E-state index in [0.717, 1.165) is 0 Å². The number of hydrogen-bond acceptors (Lipinski definition) is 4. The minimum absolute atomic E-state index is 0.00208.